The number of carbonyl (C=O) groups is 1. The summed E-state index contributed by atoms with van der Waals surface area (Å²) in [5.74, 6) is -2.49. The number of carboxylic acids is 1. The van der Waals surface area contributed by atoms with Gasteiger partial charge in [0.15, 0.2) is 0 Å². The first kappa shape index (κ1) is 27.2. The number of halogens is 3. The summed E-state index contributed by atoms with van der Waals surface area (Å²) < 4.78 is 46.7. The number of likely N-dealkylation sites (tertiary alicyclic amines) is 1. The molecule has 1 aliphatic rings. The lowest BCUT2D eigenvalue weighted by Gasteiger charge is -2.37. The minimum atomic E-state index is -1.12. The molecule has 0 bridgehead atoms. The molecule has 0 amide bonds. The Hall–Kier alpha value is -2.82. The number of pyridine rings is 1. The third kappa shape index (κ3) is 6.74. The number of thioether (sulfide) groups is 1. The molecule has 1 aliphatic heterocycles. The molecule has 1 fully saturated rings. The number of aliphatic hydroxyl groups is 1. The third-order valence-corrected chi connectivity index (χ3v) is 7.84. The number of aromatic nitrogens is 1. The number of carboxylic acid groups (broad SMARTS) is 1. The molecule has 37 heavy (non-hydrogen) atoms. The molecule has 2 heterocycles. The Morgan fingerprint density at radius 2 is 1.97 bits per heavy atom. The predicted molar refractivity (Wildman–Crippen MR) is 135 cm³/mol. The maximum atomic E-state index is 14.7. The number of aliphatic hydroxyl groups excluding tert-OH is 1. The van der Waals surface area contributed by atoms with Gasteiger partial charge in [0.05, 0.1) is 30.8 Å². The molecule has 1 saturated heterocycles. The van der Waals surface area contributed by atoms with Gasteiger partial charge in [-0.25, -0.2) is 13.2 Å². The zero-order chi connectivity index (χ0) is 26.5. The fourth-order valence-corrected chi connectivity index (χ4v) is 5.93. The monoisotopic (exact) mass is 534 g/mol. The van der Waals surface area contributed by atoms with Crippen LogP contribution >= 0.6 is 11.8 Å². The quantitative estimate of drug-likeness (QED) is 0.342. The first-order valence-corrected chi connectivity index (χ1v) is 13.1. The molecular formula is C27H29F3N2O4S. The van der Waals surface area contributed by atoms with Gasteiger partial charge in [0.25, 0.3) is 0 Å². The van der Waals surface area contributed by atoms with Crippen LogP contribution in [0.1, 0.15) is 30.9 Å². The van der Waals surface area contributed by atoms with E-state index >= 15 is 0 Å². The summed E-state index contributed by atoms with van der Waals surface area (Å²) >= 11 is 1.32. The van der Waals surface area contributed by atoms with E-state index in [1.54, 1.807) is 18.2 Å². The molecule has 10 heteroatoms. The Bertz CT molecular complexity index is 1240. The summed E-state index contributed by atoms with van der Waals surface area (Å²) in [6.07, 6.45) is 1.23. The molecule has 3 aromatic rings. The lowest BCUT2D eigenvalue weighted by Crippen LogP contribution is -2.44. The highest BCUT2D eigenvalue weighted by molar-refractivity contribution is 7.99. The fourth-order valence-electron chi connectivity index (χ4n) is 4.95. The van der Waals surface area contributed by atoms with Crippen molar-refractivity contribution >= 4 is 28.6 Å². The number of ether oxygens (including phenoxy) is 1. The van der Waals surface area contributed by atoms with Crippen molar-refractivity contribution in [1.82, 2.24) is 9.88 Å². The first-order chi connectivity index (χ1) is 17.7. The van der Waals surface area contributed by atoms with E-state index in [0.29, 0.717) is 59.8 Å². The van der Waals surface area contributed by atoms with Crippen molar-refractivity contribution in [2.24, 2.45) is 11.8 Å². The molecule has 0 unspecified atom stereocenters. The normalized spacial score (nSPS) is 19.2. The summed E-state index contributed by atoms with van der Waals surface area (Å²) in [6, 6.07) is 8.42. The van der Waals surface area contributed by atoms with Crippen LogP contribution in [0.3, 0.4) is 0 Å². The van der Waals surface area contributed by atoms with E-state index in [-0.39, 0.29) is 17.9 Å². The molecule has 198 valence electrons. The predicted octanol–water partition coefficient (Wildman–Crippen LogP) is 5.29. The lowest BCUT2D eigenvalue weighted by molar-refractivity contribution is -0.146. The summed E-state index contributed by atoms with van der Waals surface area (Å²) in [4.78, 5) is 18.6. The Morgan fingerprint density at radius 1 is 1.22 bits per heavy atom. The number of nitrogens with zero attached hydrogens (tertiary/aromatic N) is 2. The van der Waals surface area contributed by atoms with Crippen molar-refractivity contribution in [3.63, 3.8) is 0 Å². The Balaban J connectivity index is 1.36. The summed E-state index contributed by atoms with van der Waals surface area (Å²) in [5, 5.41) is 21.2. The third-order valence-electron chi connectivity index (χ3n) is 6.88. The van der Waals surface area contributed by atoms with Crippen LogP contribution in [-0.2, 0) is 4.79 Å². The van der Waals surface area contributed by atoms with Gasteiger partial charge in [-0.2, -0.15) is 0 Å². The molecule has 2 aromatic carbocycles. The van der Waals surface area contributed by atoms with Gasteiger partial charge < -0.3 is 19.8 Å². The molecule has 0 aliphatic carbocycles. The Kier molecular flexibility index (Phi) is 8.94. The van der Waals surface area contributed by atoms with Gasteiger partial charge in [0.1, 0.15) is 23.2 Å². The van der Waals surface area contributed by atoms with E-state index in [2.05, 4.69) is 4.98 Å². The van der Waals surface area contributed by atoms with Gasteiger partial charge in [-0.1, -0.05) is 0 Å². The second kappa shape index (κ2) is 12.1. The van der Waals surface area contributed by atoms with Crippen LogP contribution in [0.5, 0.6) is 5.75 Å². The molecule has 3 atom stereocenters. The van der Waals surface area contributed by atoms with E-state index in [9.17, 15) is 28.2 Å². The maximum Gasteiger partial charge on any atom is 0.308 e. The van der Waals surface area contributed by atoms with Gasteiger partial charge in [-0.05, 0) is 62.1 Å². The van der Waals surface area contributed by atoms with Gasteiger partial charge in [0, 0.05) is 40.8 Å². The highest BCUT2D eigenvalue weighted by atomic mass is 32.2. The molecular weight excluding hydrogens is 505 g/mol. The molecule has 1 aromatic heterocycles. The van der Waals surface area contributed by atoms with Crippen LogP contribution in [0.15, 0.2) is 47.5 Å². The zero-order valence-electron chi connectivity index (χ0n) is 20.4. The summed E-state index contributed by atoms with van der Waals surface area (Å²) in [7, 11) is 1.50. The first-order valence-electron chi connectivity index (χ1n) is 12.1. The minimum absolute atomic E-state index is 0.138. The van der Waals surface area contributed by atoms with Gasteiger partial charge in [0.2, 0.25) is 0 Å². The average Bonchev–Trinajstić information content (AvgIpc) is 2.86. The standard InChI is InChI=1S/C27H29F3N2O4S/c1-36-19-3-4-24-21(13-19)26(23(30)14-31-24)25(33)5-2-16-6-7-32(15-22(16)27(34)35)8-9-37-20-11-17(28)10-18(29)12-20/h3-4,10-14,16,22,25,33H,2,5-9,15H2,1H3,(H,34,35)/t16-,22+,25-/m0/s1. The van der Waals surface area contributed by atoms with E-state index < -0.39 is 35.4 Å². The minimum Gasteiger partial charge on any atom is -0.497 e. The number of hydrogen-bond acceptors (Lipinski definition) is 6. The van der Waals surface area contributed by atoms with Crippen LogP contribution in [0.25, 0.3) is 10.9 Å². The van der Waals surface area contributed by atoms with Crippen molar-refractivity contribution in [2.75, 3.05) is 32.5 Å². The molecule has 6 nitrogen and oxygen atoms in total. The highest BCUT2D eigenvalue weighted by Gasteiger charge is 2.34. The van der Waals surface area contributed by atoms with E-state index in [1.807, 2.05) is 4.90 Å². The van der Waals surface area contributed by atoms with Crippen molar-refractivity contribution in [3.8, 4) is 5.75 Å². The number of methoxy groups -OCH3 is 1. The fraction of sp³-hybridized carbons (Fsp3) is 0.407. The number of hydrogen-bond donors (Lipinski definition) is 2. The Morgan fingerprint density at radius 3 is 2.68 bits per heavy atom. The molecule has 4 rings (SSSR count). The van der Waals surface area contributed by atoms with Crippen LogP contribution in [0.2, 0.25) is 0 Å². The number of aliphatic carboxylic acids is 1. The average molecular weight is 535 g/mol. The number of benzene rings is 2. The molecule has 2 N–H and O–H groups in total. The summed E-state index contributed by atoms with van der Waals surface area (Å²) in [6.45, 7) is 1.60. The van der Waals surface area contributed by atoms with Crippen molar-refractivity contribution < 1.29 is 32.9 Å². The van der Waals surface area contributed by atoms with Crippen LogP contribution < -0.4 is 4.74 Å². The smallest absolute Gasteiger partial charge is 0.308 e. The van der Waals surface area contributed by atoms with Crippen molar-refractivity contribution in [3.05, 3.63) is 65.6 Å². The van der Waals surface area contributed by atoms with E-state index in [1.165, 1.54) is 31.0 Å². The number of rotatable bonds is 10. The largest absolute Gasteiger partial charge is 0.497 e. The molecule has 0 spiro atoms. The highest BCUT2D eigenvalue weighted by Crippen LogP contribution is 2.35. The maximum absolute atomic E-state index is 14.7. The van der Waals surface area contributed by atoms with Gasteiger partial charge >= 0.3 is 5.97 Å². The van der Waals surface area contributed by atoms with Crippen molar-refractivity contribution in [1.29, 1.82) is 0 Å². The van der Waals surface area contributed by atoms with Crippen LogP contribution in [0, 0.1) is 29.3 Å². The number of fused-ring (bicyclic) bond motifs is 1. The summed E-state index contributed by atoms with van der Waals surface area (Å²) in [5.41, 5.74) is 0.672. The molecule has 0 saturated carbocycles. The van der Waals surface area contributed by atoms with E-state index in [0.717, 1.165) is 12.3 Å². The zero-order valence-corrected chi connectivity index (χ0v) is 21.2. The van der Waals surface area contributed by atoms with Crippen molar-refractivity contribution in [2.45, 2.75) is 30.3 Å². The lowest BCUT2D eigenvalue weighted by atomic mass is 9.81. The second-order valence-electron chi connectivity index (χ2n) is 9.24. The SMILES string of the molecule is COc1ccc2ncc(F)c([C@@H](O)CC[C@H]3CCN(CCSc4cc(F)cc(F)c4)C[C@H]3C(=O)O)c2c1. The van der Waals surface area contributed by atoms with Gasteiger partial charge in [-0.3, -0.25) is 9.78 Å². The number of piperidine rings is 1. The topological polar surface area (TPSA) is 82.9 Å². The molecule has 0 radical (unpaired) electrons. The van der Waals surface area contributed by atoms with E-state index in [4.69, 9.17) is 4.74 Å². The second-order valence-corrected chi connectivity index (χ2v) is 10.4. The van der Waals surface area contributed by atoms with Crippen LogP contribution in [0.4, 0.5) is 13.2 Å². The van der Waals surface area contributed by atoms with Gasteiger partial charge in [-0.15, -0.1) is 11.8 Å². The Labute approximate surface area is 217 Å². The van der Waals surface area contributed by atoms with Crippen LogP contribution in [-0.4, -0.2) is 58.6 Å².